The van der Waals surface area contributed by atoms with Gasteiger partial charge < -0.3 is 0 Å². The fourth-order valence-electron chi connectivity index (χ4n) is 2.02. The van der Waals surface area contributed by atoms with Crippen LogP contribution in [0.3, 0.4) is 0 Å². The van der Waals surface area contributed by atoms with Crippen molar-refractivity contribution in [2.75, 3.05) is 0 Å². The van der Waals surface area contributed by atoms with Gasteiger partial charge in [-0.3, -0.25) is 0 Å². The predicted octanol–water partition coefficient (Wildman–Crippen LogP) is 2.73. The Balaban J connectivity index is 1.96. The zero-order chi connectivity index (χ0) is 10.3. The van der Waals surface area contributed by atoms with Crippen molar-refractivity contribution < 1.29 is 0 Å². The Morgan fingerprint density at radius 1 is 1.47 bits per heavy atom. The molecule has 0 aliphatic heterocycles. The lowest BCUT2D eigenvalue weighted by molar-refractivity contribution is 0.312. The molecule has 2 aromatic heterocycles. The number of hydrogen-bond donors (Lipinski definition) is 0. The van der Waals surface area contributed by atoms with Gasteiger partial charge in [0.15, 0.2) is 5.65 Å². The molecule has 1 saturated carbocycles. The normalized spacial score (nSPS) is 16.9. The van der Waals surface area contributed by atoms with Gasteiger partial charge in [-0.25, -0.2) is 9.50 Å². The summed E-state index contributed by atoms with van der Waals surface area (Å²) in [6.45, 7) is 0. The average molecular weight is 222 g/mol. The molecule has 3 rings (SSSR count). The van der Waals surface area contributed by atoms with E-state index in [1.807, 2.05) is 12.1 Å². The van der Waals surface area contributed by atoms with Crippen LogP contribution in [0.25, 0.3) is 5.65 Å². The van der Waals surface area contributed by atoms with Gasteiger partial charge in [-0.05, 0) is 18.4 Å². The molecular weight excluding hydrogens is 210 g/mol. The number of nitrogens with zero attached hydrogens (tertiary/aromatic N) is 3. The number of hydrogen-bond acceptors (Lipinski definition) is 2. The van der Waals surface area contributed by atoms with E-state index in [9.17, 15) is 0 Å². The minimum Gasteiger partial charge on any atom is -0.233 e. The second-order valence-electron chi connectivity index (χ2n) is 4.17. The zero-order valence-electron chi connectivity index (χ0n) is 8.36. The van der Waals surface area contributed by atoms with E-state index in [4.69, 9.17) is 11.6 Å². The highest BCUT2D eigenvalue weighted by atomic mass is 35.5. The van der Waals surface area contributed by atoms with Gasteiger partial charge in [0.05, 0.1) is 6.20 Å². The molecule has 2 aromatic rings. The summed E-state index contributed by atoms with van der Waals surface area (Å²) in [5.74, 6) is 0.818. The standard InChI is InChI=1S/C11H12ClN3/c12-10-7-9(6-8-2-1-3-8)14-11-4-5-13-15(10)11/h4-5,7-8H,1-3,6H2. The molecule has 4 heteroatoms. The molecule has 0 radical (unpaired) electrons. The molecular formula is C11H12ClN3. The Morgan fingerprint density at radius 3 is 3.07 bits per heavy atom. The maximum Gasteiger partial charge on any atom is 0.156 e. The zero-order valence-corrected chi connectivity index (χ0v) is 9.11. The molecule has 0 spiro atoms. The summed E-state index contributed by atoms with van der Waals surface area (Å²) in [7, 11) is 0. The molecule has 1 fully saturated rings. The number of aromatic nitrogens is 3. The van der Waals surface area contributed by atoms with Crippen molar-refractivity contribution in [1.29, 1.82) is 0 Å². The summed E-state index contributed by atoms with van der Waals surface area (Å²) in [6.07, 6.45) is 6.82. The fraction of sp³-hybridized carbons (Fsp3) is 0.455. The van der Waals surface area contributed by atoms with Crippen molar-refractivity contribution in [3.8, 4) is 0 Å². The van der Waals surface area contributed by atoms with Crippen LogP contribution in [0.1, 0.15) is 25.0 Å². The Kier molecular flexibility index (Phi) is 2.13. The van der Waals surface area contributed by atoms with Gasteiger partial charge in [-0.2, -0.15) is 5.10 Å². The second-order valence-corrected chi connectivity index (χ2v) is 4.56. The van der Waals surface area contributed by atoms with E-state index in [2.05, 4.69) is 10.1 Å². The third-order valence-electron chi connectivity index (χ3n) is 3.09. The van der Waals surface area contributed by atoms with Crippen molar-refractivity contribution in [2.45, 2.75) is 25.7 Å². The molecule has 0 atom stereocenters. The molecule has 0 N–H and O–H groups in total. The van der Waals surface area contributed by atoms with Crippen molar-refractivity contribution >= 4 is 17.2 Å². The molecule has 0 amide bonds. The van der Waals surface area contributed by atoms with E-state index < -0.39 is 0 Å². The molecule has 15 heavy (non-hydrogen) atoms. The van der Waals surface area contributed by atoms with E-state index in [0.717, 1.165) is 23.7 Å². The monoisotopic (exact) mass is 221 g/mol. The number of rotatable bonds is 2. The highest BCUT2D eigenvalue weighted by molar-refractivity contribution is 6.29. The first-order valence-corrected chi connectivity index (χ1v) is 5.70. The van der Waals surface area contributed by atoms with Gasteiger partial charge in [0.1, 0.15) is 5.15 Å². The van der Waals surface area contributed by atoms with Gasteiger partial charge >= 0.3 is 0 Å². The molecule has 1 aliphatic rings. The van der Waals surface area contributed by atoms with Crippen LogP contribution in [0.2, 0.25) is 5.15 Å². The molecule has 0 aromatic carbocycles. The van der Waals surface area contributed by atoms with Crippen molar-refractivity contribution in [3.05, 3.63) is 29.2 Å². The lowest BCUT2D eigenvalue weighted by Crippen LogP contribution is -2.14. The average Bonchev–Trinajstić information content (AvgIpc) is 2.59. The molecule has 1 aliphatic carbocycles. The van der Waals surface area contributed by atoms with E-state index in [-0.39, 0.29) is 0 Å². The Labute approximate surface area is 93.1 Å². The molecule has 0 saturated heterocycles. The first-order chi connectivity index (χ1) is 7.33. The van der Waals surface area contributed by atoms with Gasteiger partial charge in [0, 0.05) is 11.8 Å². The molecule has 2 heterocycles. The third-order valence-corrected chi connectivity index (χ3v) is 3.36. The smallest absolute Gasteiger partial charge is 0.156 e. The van der Waals surface area contributed by atoms with Crippen LogP contribution < -0.4 is 0 Å². The Bertz CT molecular complexity index is 488. The van der Waals surface area contributed by atoms with Gasteiger partial charge in [0.2, 0.25) is 0 Å². The lowest BCUT2D eigenvalue weighted by atomic mass is 9.82. The molecule has 78 valence electrons. The summed E-state index contributed by atoms with van der Waals surface area (Å²) < 4.78 is 1.66. The molecule has 0 bridgehead atoms. The van der Waals surface area contributed by atoms with Crippen LogP contribution in [0.15, 0.2) is 18.3 Å². The maximum atomic E-state index is 6.11. The van der Waals surface area contributed by atoms with Gasteiger partial charge in [-0.15, -0.1) is 0 Å². The van der Waals surface area contributed by atoms with Crippen molar-refractivity contribution in [2.24, 2.45) is 5.92 Å². The van der Waals surface area contributed by atoms with Crippen LogP contribution in [0.4, 0.5) is 0 Å². The quantitative estimate of drug-likeness (QED) is 0.730. The highest BCUT2D eigenvalue weighted by Gasteiger charge is 2.18. The van der Waals surface area contributed by atoms with E-state index in [0.29, 0.717) is 5.15 Å². The Hall–Kier alpha value is -1.09. The van der Waals surface area contributed by atoms with Crippen LogP contribution >= 0.6 is 11.6 Å². The first kappa shape index (κ1) is 9.16. The first-order valence-electron chi connectivity index (χ1n) is 5.32. The van der Waals surface area contributed by atoms with Crippen molar-refractivity contribution in [3.63, 3.8) is 0 Å². The van der Waals surface area contributed by atoms with Crippen LogP contribution in [0.5, 0.6) is 0 Å². The highest BCUT2D eigenvalue weighted by Crippen LogP contribution is 2.29. The maximum absolute atomic E-state index is 6.11. The van der Waals surface area contributed by atoms with Crippen LogP contribution in [0, 0.1) is 5.92 Å². The van der Waals surface area contributed by atoms with Crippen molar-refractivity contribution in [1.82, 2.24) is 14.6 Å². The van der Waals surface area contributed by atoms with Crippen LogP contribution in [-0.4, -0.2) is 14.6 Å². The topological polar surface area (TPSA) is 30.2 Å². The molecule has 3 nitrogen and oxygen atoms in total. The van der Waals surface area contributed by atoms with Crippen LogP contribution in [-0.2, 0) is 6.42 Å². The number of fused-ring (bicyclic) bond motifs is 1. The van der Waals surface area contributed by atoms with Gasteiger partial charge in [0.25, 0.3) is 0 Å². The Morgan fingerprint density at radius 2 is 2.33 bits per heavy atom. The van der Waals surface area contributed by atoms with E-state index >= 15 is 0 Å². The largest absolute Gasteiger partial charge is 0.233 e. The fourth-order valence-corrected chi connectivity index (χ4v) is 2.28. The van der Waals surface area contributed by atoms with E-state index in [1.54, 1.807) is 10.7 Å². The summed E-state index contributed by atoms with van der Waals surface area (Å²) in [5, 5.41) is 4.75. The summed E-state index contributed by atoms with van der Waals surface area (Å²) in [6, 6.07) is 3.82. The summed E-state index contributed by atoms with van der Waals surface area (Å²) in [4.78, 5) is 4.53. The second kappa shape index (κ2) is 3.49. The number of halogens is 1. The summed E-state index contributed by atoms with van der Waals surface area (Å²) >= 11 is 6.11. The molecule has 0 unspecified atom stereocenters. The minimum absolute atomic E-state index is 0.652. The lowest BCUT2D eigenvalue weighted by Gasteiger charge is -2.24. The SMILES string of the molecule is Clc1cc(CC2CCC2)nc2ccnn12. The predicted molar refractivity (Wildman–Crippen MR) is 59.0 cm³/mol. The third kappa shape index (κ3) is 1.61. The van der Waals surface area contributed by atoms with E-state index in [1.165, 1.54) is 19.3 Å². The minimum atomic E-state index is 0.652. The summed E-state index contributed by atoms with van der Waals surface area (Å²) in [5.41, 5.74) is 1.94. The van der Waals surface area contributed by atoms with Gasteiger partial charge in [-0.1, -0.05) is 30.9 Å².